The van der Waals surface area contributed by atoms with Gasteiger partial charge in [0, 0.05) is 61.6 Å². The molecule has 0 bridgehead atoms. The molecule has 4 rings (SSSR count). The largest absolute Gasteiger partial charge is 0.353 e. The van der Waals surface area contributed by atoms with Crippen LogP contribution in [0.1, 0.15) is 16.1 Å². The summed E-state index contributed by atoms with van der Waals surface area (Å²) in [4.78, 5) is 25.4. The summed E-state index contributed by atoms with van der Waals surface area (Å²) < 4.78 is 2.02. The Morgan fingerprint density at radius 3 is 2.31 bits per heavy atom. The molecule has 6 nitrogen and oxygen atoms in total. The Labute approximate surface area is 152 Å². The molecule has 1 aromatic carbocycles. The lowest BCUT2D eigenvalue weighted by Crippen LogP contribution is -2.49. The van der Waals surface area contributed by atoms with Crippen LogP contribution >= 0.6 is 0 Å². The highest BCUT2D eigenvalue weighted by atomic mass is 16.2. The average molecular weight is 347 g/mol. The van der Waals surface area contributed by atoms with E-state index in [9.17, 15) is 4.79 Å². The predicted octanol–water partition coefficient (Wildman–Crippen LogP) is 2.54. The molecule has 0 spiro atoms. The van der Waals surface area contributed by atoms with Crippen molar-refractivity contribution < 1.29 is 4.79 Å². The number of amides is 1. The minimum atomic E-state index is 0.0857. The molecule has 1 saturated heterocycles. The van der Waals surface area contributed by atoms with Crippen LogP contribution in [0.4, 0.5) is 5.82 Å². The monoisotopic (exact) mass is 347 g/mol. The SMILES string of the molecule is Cc1cc(N2CCN(C(=O)c3ccc(-n4cccc4)cc3)CC2)ncn1. The molecule has 1 fully saturated rings. The quantitative estimate of drug-likeness (QED) is 0.731. The maximum Gasteiger partial charge on any atom is 0.253 e. The van der Waals surface area contributed by atoms with Gasteiger partial charge >= 0.3 is 0 Å². The molecule has 6 heteroatoms. The van der Waals surface area contributed by atoms with Crippen molar-refractivity contribution in [3.63, 3.8) is 0 Å². The first kappa shape index (κ1) is 16.3. The smallest absolute Gasteiger partial charge is 0.253 e. The zero-order chi connectivity index (χ0) is 17.9. The molecule has 132 valence electrons. The topological polar surface area (TPSA) is 54.3 Å². The van der Waals surface area contributed by atoms with Crippen molar-refractivity contribution in [2.45, 2.75) is 6.92 Å². The fourth-order valence-corrected chi connectivity index (χ4v) is 3.22. The Kier molecular flexibility index (Phi) is 4.39. The average Bonchev–Trinajstić information content (AvgIpc) is 3.23. The van der Waals surface area contributed by atoms with Gasteiger partial charge in [-0.3, -0.25) is 4.79 Å². The standard InChI is InChI=1S/C20H21N5O/c1-16-14-19(22-15-21-16)24-10-12-25(13-11-24)20(26)17-4-6-18(7-5-17)23-8-2-3-9-23/h2-9,14-15H,10-13H2,1H3. The fourth-order valence-electron chi connectivity index (χ4n) is 3.22. The van der Waals surface area contributed by atoms with Crippen LogP contribution in [0.25, 0.3) is 5.69 Å². The molecule has 26 heavy (non-hydrogen) atoms. The number of anilines is 1. The number of hydrogen-bond donors (Lipinski definition) is 0. The number of carbonyl (C=O) groups excluding carboxylic acids is 1. The predicted molar refractivity (Wildman–Crippen MR) is 101 cm³/mol. The van der Waals surface area contributed by atoms with Crippen molar-refractivity contribution in [2.75, 3.05) is 31.1 Å². The number of nitrogens with zero attached hydrogens (tertiary/aromatic N) is 5. The van der Waals surface area contributed by atoms with Gasteiger partial charge in [0.1, 0.15) is 12.1 Å². The second kappa shape index (κ2) is 7.00. The second-order valence-electron chi connectivity index (χ2n) is 6.43. The van der Waals surface area contributed by atoms with E-state index in [1.165, 1.54) is 0 Å². The first-order valence-corrected chi connectivity index (χ1v) is 8.77. The number of aromatic nitrogens is 3. The van der Waals surface area contributed by atoms with Gasteiger partial charge < -0.3 is 14.4 Å². The molecule has 3 heterocycles. The number of aryl methyl sites for hydroxylation is 1. The van der Waals surface area contributed by atoms with Gasteiger partial charge in [-0.25, -0.2) is 9.97 Å². The maximum absolute atomic E-state index is 12.8. The van der Waals surface area contributed by atoms with E-state index in [1.807, 2.05) is 71.2 Å². The second-order valence-corrected chi connectivity index (χ2v) is 6.43. The van der Waals surface area contributed by atoms with Gasteiger partial charge in [0.15, 0.2) is 0 Å². The first-order valence-electron chi connectivity index (χ1n) is 8.77. The Balaban J connectivity index is 1.40. The van der Waals surface area contributed by atoms with E-state index < -0.39 is 0 Å². The lowest BCUT2D eigenvalue weighted by molar-refractivity contribution is 0.0746. The Morgan fingerprint density at radius 1 is 0.962 bits per heavy atom. The van der Waals surface area contributed by atoms with Crippen LogP contribution in [0.3, 0.4) is 0 Å². The Morgan fingerprint density at radius 2 is 1.65 bits per heavy atom. The van der Waals surface area contributed by atoms with Crippen molar-refractivity contribution in [1.29, 1.82) is 0 Å². The van der Waals surface area contributed by atoms with E-state index in [0.29, 0.717) is 13.1 Å². The van der Waals surface area contributed by atoms with Crippen molar-refractivity contribution in [3.05, 3.63) is 72.4 Å². The summed E-state index contributed by atoms with van der Waals surface area (Å²) in [5.74, 6) is 1.02. The molecule has 0 atom stereocenters. The normalized spacial score (nSPS) is 14.5. The van der Waals surface area contributed by atoms with E-state index >= 15 is 0 Å². The molecular weight excluding hydrogens is 326 g/mol. The van der Waals surface area contributed by atoms with Gasteiger partial charge in [0.05, 0.1) is 0 Å². The van der Waals surface area contributed by atoms with Crippen molar-refractivity contribution in [1.82, 2.24) is 19.4 Å². The van der Waals surface area contributed by atoms with Crippen molar-refractivity contribution in [3.8, 4) is 5.69 Å². The van der Waals surface area contributed by atoms with Gasteiger partial charge in [0.2, 0.25) is 0 Å². The molecular formula is C20H21N5O. The van der Waals surface area contributed by atoms with E-state index in [2.05, 4.69) is 14.9 Å². The van der Waals surface area contributed by atoms with Gasteiger partial charge in [-0.2, -0.15) is 0 Å². The Bertz CT molecular complexity index is 881. The van der Waals surface area contributed by atoms with Crippen LogP contribution in [0.5, 0.6) is 0 Å². The van der Waals surface area contributed by atoms with Gasteiger partial charge in [-0.15, -0.1) is 0 Å². The summed E-state index contributed by atoms with van der Waals surface area (Å²) in [6.07, 6.45) is 5.57. The summed E-state index contributed by atoms with van der Waals surface area (Å²) in [5, 5.41) is 0. The molecule has 0 unspecified atom stereocenters. The molecule has 1 amide bonds. The summed E-state index contributed by atoms with van der Waals surface area (Å²) >= 11 is 0. The van der Waals surface area contributed by atoms with Crippen LogP contribution in [0.2, 0.25) is 0 Å². The summed E-state index contributed by atoms with van der Waals surface area (Å²) in [6, 6.07) is 13.7. The van der Waals surface area contributed by atoms with E-state index in [0.717, 1.165) is 35.9 Å². The highest BCUT2D eigenvalue weighted by molar-refractivity contribution is 5.94. The lowest BCUT2D eigenvalue weighted by Gasteiger charge is -2.35. The van der Waals surface area contributed by atoms with Gasteiger partial charge in [-0.05, 0) is 43.3 Å². The van der Waals surface area contributed by atoms with E-state index in [-0.39, 0.29) is 5.91 Å². The number of rotatable bonds is 3. The highest BCUT2D eigenvalue weighted by Gasteiger charge is 2.23. The third-order valence-electron chi connectivity index (χ3n) is 4.70. The van der Waals surface area contributed by atoms with Crippen molar-refractivity contribution in [2.24, 2.45) is 0 Å². The van der Waals surface area contributed by atoms with Crippen LogP contribution < -0.4 is 4.90 Å². The number of carbonyl (C=O) groups is 1. The third-order valence-corrected chi connectivity index (χ3v) is 4.70. The maximum atomic E-state index is 12.8. The van der Waals surface area contributed by atoms with Gasteiger partial charge in [-0.1, -0.05) is 0 Å². The molecule has 0 N–H and O–H groups in total. The van der Waals surface area contributed by atoms with Crippen LogP contribution in [-0.2, 0) is 0 Å². The van der Waals surface area contributed by atoms with Gasteiger partial charge in [0.25, 0.3) is 5.91 Å². The van der Waals surface area contributed by atoms with Crippen LogP contribution in [-0.4, -0.2) is 51.5 Å². The number of benzene rings is 1. The first-order chi connectivity index (χ1) is 12.7. The highest BCUT2D eigenvalue weighted by Crippen LogP contribution is 2.16. The molecule has 1 aliphatic heterocycles. The number of hydrogen-bond acceptors (Lipinski definition) is 4. The van der Waals surface area contributed by atoms with E-state index in [1.54, 1.807) is 6.33 Å². The molecule has 2 aromatic heterocycles. The van der Waals surface area contributed by atoms with Crippen LogP contribution in [0, 0.1) is 6.92 Å². The third kappa shape index (κ3) is 3.31. The molecule has 0 aliphatic carbocycles. The molecule has 1 aliphatic rings. The summed E-state index contributed by atoms with van der Waals surface area (Å²) in [7, 11) is 0. The summed E-state index contributed by atoms with van der Waals surface area (Å²) in [5.41, 5.74) is 2.74. The fraction of sp³-hybridized carbons (Fsp3) is 0.250. The Hall–Kier alpha value is -3.15. The zero-order valence-corrected chi connectivity index (χ0v) is 14.7. The molecule has 0 saturated carbocycles. The summed E-state index contributed by atoms with van der Waals surface area (Å²) in [6.45, 7) is 4.91. The van der Waals surface area contributed by atoms with Crippen LogP contribution in [0.15, 0.2) is 61.2 Å². The minimum absolute atomic E-state index is 0.0857. The lowest BCUT2D eigenvalue weighted by atomic mass is 10.1. The molecule has 3 aromatic rings. The molecule has 0 radical (unpaired) electrons. The van der Waals surface area contributed by atoms with E-state index in [4.69, 9.17) is 0 Å². The minimum Gasteiger partial charge on any atom is -0.353 e. The number of piperazine rings is 1. The zero-order valence-electron chi connectivity index (χ0n) is 14.7. The van der Waals surface area contributed by atoms with Crippen molar-refractivity contribution >= 4 is 11.7 Å².